The Morgan fingerprint density at radius 2 is 1.70 bits per heavy atom. The monoisotopic (exact) mass is 285 g/mol. The fourth-order valence-electron chi connectivity index (χ4n) is 3.78. The predicted molar refractivity (Wildman–Crippen MR) is 79.7 cm³/mol. The van der Waals surface area contributed by atoms with Crippen LogP contribution in [0.4, 0.5) is 0 Å². The summed E-state index contributed by atoms with van der Waals surface area (Å²) < 4.78 is 5.33. The highest BCUT2D eigenvalue weighted by molar-refractivity contribution is 4.90. The second-order valence-corrected chi connectivity index (χ2v) is 7.35. The zero-order chi connectivity index (χ0) is 14.6. The summed E-state index contributed by atoms with van der Waals surface area (Å²) in [7, 11) is 2.07. The number of nitrogens with zero attached hydrogens (tertiary/aromatic N) is 1. The summed E-state index contributed by atoms with van der Waals surface area (Å²) in [4.78, 5) is 2.22. The number of likely N-dealkylation sites (N-methyl/N-ethyl adjacent to an activating group) is 1. The van der Waals surface area contributed by atoms with E-state index in [1.54, 1.807) is 0 Å². The minimum atomic E-state index is -0.606. The van der Waals surface area contributed by atoms with Gasteiger partial charge in [-0.25, -0.2) is 0 Å². The van der Waals surface area contributed by atoms with E-state index in [-0.39, 0.29) is 12.0 Å². The molecule has 20 heavy (non-hydrogen) atoms. The third-order valence-electron chi connectivity index (χ3n) is 5.26. The van der Waals surface area contributed by atoms with Gasteiger partial charge in [0.1, 0.15) is 0 Å². The number of aliphatic hydroxyl groups excluding tert-OH is 1. The standard InChI is InChI=1S/C16H31NO3/c1-14-3-5-15(13-18,6-4-14)11-17(2)12-16(19)7-9-20-10-8-16/h14,18-19H,3-13H2,1-2H3. The third-order valence-corrected chi connectivity index (χ3v) is 5.26. The summed E-state index contributed by atoms with van der Waals surface area (Å²) in [5, 5.41) is 20.4. The molecule has 0 aromatic heterocycles. The lowest BCUT2D eigenvalue weighted by molar-refractivity contribution is -0.0839. The van der Waals surface area contributed by atoms with Crippen molar-refractivity contribution in [2.45, 2.75) is 51.0 Å². The predicted octanol–water partition coefficient (Wildman–Crippen LogP) is 1.65. The molecule has 2 fully saturated rings. The second kappa shape index (κ2) is 6.73. The van der Waals surface area contributed by atoms with E-state index in [0.29, 0.717) is 19.8 Å². The molecule has 4 heteroatoms. The van der Waals surface area contributed by atoms with Crippen LogP contribution in [0.15, 0.2) is 0 Å². The molecule has 2 aliphatic rings. The molecule has 2 rings (SSSR count). The normalized spacial score (nSPS) is 34.4. The van der Waals surface area contributed by atoms with Crippen LogP contribution in [-0.4, -0.2) is 60.7 Å². The number of aliphatic hydroxyl groups is 2. The molecule has 0 amide bonds. The van der Waals surface area contributed by atoms with Crippen molar-refractivity contribution in [3.05, 3.63) is 0 Å². The third kappa shape index (κ3) is 4.17. The van der Waals surface area contributed by atoms with Gasteiger partial charge in [0.2, 0.25) is 0 Å². The molecule has 1 aliphatic carbocycles. The maximum Gasteiger partial charge on any atom is 0.0817 e. The first-order valence-corrected chi connectivity index (χ1v) is 8.07. The van der Waals surface area contributed by atoms with Crippen LogP contribution in [0.5, 0.6) is 0 Å². The molecule has 0 unspecified atom stereocenters. The second-order valence-electron chi connectivity index (χ2n) is 7.35. The van der Waals surface area contributed by atoms with Gasteiger partial charge >= 0.3 is 0 Å². The molecule has 2 N–H and O–H groups in total. The van der Waals surface area contributed by atoms with Crippen molar-refractivity contribution >= 4 is 0 Å². The van der Waals surface area contributed by atoms with Crippen LogP contribution < -0.4 is 0 Å². The van der Waals surface area contributed by atoms with E-state index in [9.17, 15) is 10.2 Å². The Morgan fingerprint density at radius 3 is 2.25 bits per heavy atom. The summed E-state index contributed by atoms with van der Waals surface area (Å²) in [5.41, 5.74) is -0.561. The molecule has 1 aliphatic heterocycles. The van der Waals surface area contributed by atoms with E-state index < -0.39 is 5.60 Å². The van der Waals surface area contributed by atoms with Gasteiger partial charge in [0.05, 0.1) is 5.60 Å². The Kier molecular flexibility index (Phi) is 5.46. The van der Waals surface area contributed by atoms with Crippen LogP contribution >= 0.6 is 0 Å². The molecule has 1 saturated heterocycles. The number of hydrogen-bond acceptors (Lipinski definition) is 4. The van der Waals surface area contributed by atoms with E-state index in [2.05, 4.69) is 18.9 Å². The highest BCUT2D eigenvalue weighted by Gasteiger charge is 2.37. The lowest BCUT2D eigenvalue weighted by Crippen LogP contribution is -2.49. The van der Waals surface area contributed by atoms with Crippen LogP contribution in [-0.2, 0) is 4.74 Å². The lowest BCUT2D eigenvalue weighted by atomic mass is 9.71. The van der Waals surface area contributed by atoms with Gasteiger partial charge in [-0.15, -0.1) is 0 Å². The fourth-order valence-corrected chi connectivity index (χ4v) is 3.78. The van der Waals surface area contributed by atoms with Gasteiger partial charge in [-0.3, -0.25) is 0 Å². The molecular weight excluding hydrogens is 254 g/mol. The summed E-state index contributed by atoms with van der Waals surface area (Å²) in [6.07, 6.45) is 6.09. The van der Waals surface area contributed by atoms with Crippen molar-refractivity contribution in [3.8, 4) is 0 Å². The van der Waals surface area contributed by atoms with Crippen molar-refractivity contribution in [1.29, 1.82) is 0 Å². The van der Waals surface area contributed by atoms with E-state index in [1.165, 1.54) is 12.8 Å². The van der Waals surface area contributed by atoms with Crippen LogP contribution in [0.2, 0.25) is 0 Å². The van der Waals surface area contributed by atoms with Crippen molar-refractivity contribution in [3.63, 3.8) is 0 Å². The molecule has 0 atom stereocenters. The largest absolute Gasteiger partial charge is 0.396 e. The van der Waals surface area contributed by atoms with Gasteiger partial charge in [0.15, 0.2) is 0 Å². The van der Waals surface area contributed by atoms with E-state index in [1.807, 2.05) is 0 Å². The Bertz CT molecular complexity index is 294. The molecule has 0 spiro atoms. The zero-order valence-electron chi connectivity index (χ0n) is 13.1. The van der Waals surface area contributed by atoms with Crippen LogP contribution in [0.3, 0.4) is 0 Å². The molecule has 0 bridgehead atoms. The highest BCUT2D eigenvalue weighted by Crippen LogP contribution is 2.39. The minimum absolute atomic E-state index is 0.0444. The van der Waals surface area contributed by atoms with E-state index >= 15 is 0 Å². The van der Waals surface area contributed by atoms with E-state index in [0.717, 1.165) is 38.1 Å². The van der Waals surface area contributed by atoms with Gasteiger partial charge in [0, 0.05) is 51.2 Å². The summed E-state index contributed by atoms with van der Waals surface area (Å²) in [6, 6.07) is 0. The first-order chi connectivity index (χ1) is 9.47. The van der Waals surface area contributed by atoms with E-state index in [4.69, 9.17) is 4.74 Å². The van der Waals surface area contributed by atoms with Gasteiger partial charge < -0.3 is 19.8 Å². The van der Waals surface area contributed by atoms with Crippen LogP contribution in [0, 0.1) is 11.3 Å². The number of hydrogen-bond donors (Lipinski definition) is 2. The number of rotatable bonds is 5. The SMILES string of the molecule is CC1CCC(CO)(CN(C)CC2(O)CCOCC2)CC1. The van der Waals surface area contributed by atoms with Crippen molar-refractivity contribution in [1.82, 2.24) is 4.90 Å². The Balaban J connectivity index is 1.87. The number of ether oxygens (including phenoxy) is 1. The summed E-state index contributed by atoms with van der Waals surface area (Å²) in [5.74, 6) is 0.791. The quantitative estimate of drug-likeness (QED) is 0.806. The fraction of sp³-hybridized carbons (Fsp3) is 1.00. The summed E-state index contributed by atoms with van der Waals surface area (Å²) in [6.45, 7) is 5.47. The van der Waals surface area contributed by atoms with Gasteiger partial charge in [-0.05, 0) is 25.8 Å². The smallest absolute Gasteiger partial charge is 0.0817 e. The summed E-state index contributed by atoms with van der Waals surface area (Å²) >= 11 is 0. The van der Waals surface area contributed by atoms with Crippen molar-refractivity contribution in [2.75, 3.05) is 40.0 Å². The Hall–Kier alpha value is -0.160. The average Bonchev–Trinajstić information content (AvgIpc) is 2.42. The highest BCUT2D eigenvalue weighted by atomic mass is 16.5. The molecule has 0 aromatic rings. The molecular formula is C16H31NO3. The maximum atomic E-state index is 10.6. The molecule has 1 heterocycles. The van der Waals surface area contributed by atoms with Crippen LogP contribution in [0.1, 0.15) is 45.4 Å². The topological polar surface area (TPSA) is 52.9 Å². The van der Waals surface area contributed by atoms with Gasteiger partial charge in [0.25, 0.3) is 0 Å². The van der Waals surface area contributed by atoms with Crippen molar-refractivity contribution < 1.29 is 14.9 Å². The van der Waals surface area contributed by atoms with Crippen LogP contribution in [0.25, 0.3) is 0 Å². The maximum absolute atomic E-state index is 10.6. The van der Waals surface area contributed by atoms with Crippen molar-refractivity contribution in [2.24, 2.45) is 11.3 Å². The molecule has 1 saturated carbocycles. The van der Waals surface area contributed by atoms with Gasteiger partial charge in [-0.2, -0.15) is 0 Å². The molecule has 0 aromatic carbocycles. The molecule has 0 radical (unpaired) electrons. The Labute approximate surface area is 123 Å². The Morgan fingerprint density at radius 1 is 1.10 bits per heavy atom. The molecule has 118 valence electrons. The molecule has 4 nitrogen and oxygen atoms in total. The van der Waals surface area contributed by atoms with Gasteiger partial charge in [-0.1, -0.05) is 19.8 Å². The average molecular weight is 285 g/mol. The minimum Gasteiger partial charge on any atom is -0.396 e. The first kappa shape index (κ1) is 16.2. The lowest BCUT2D eigenvalue weighted by Gasteiger charge is -2.43. The first-order valence-electron chi connectivity index (χ1n) is 8.07. The zero-order valence-corrected chi connectivity index (χ0v) is 13.1.